The Kier molecular flexibility index (Phi) is 3.30. The number of allylic oxidation sites excluding steroid dienone is 2. The highest BCUT2D eigenvalue weighted by atomic mass is 32.2. The maximum absolute atomic E-state index is 12.1. The van der Waals surface area contributed by atoms with E-state index in [-0.39, 0.29) is 12.8 Å². The van der Waals surface area contributed by atoms with Crippen molar-refractivity contribution in [3.63, 3.8) is 0 Å². The van der Waals surface area contributed by atoms with Gasteiger partial charge in [0.05, 0.1) is 0 Å². The molecule has 0 aromatic heterocycles. The van der Waals surface area contributed by atoms with E-state index in [1.54, 1.807) is 0 Å². The highest BCUT2D eigenvalue weighted by Gasteiger charge is 2.50. The van der Waals surface area contributed by atoms with E-state index in [9.17, 15) is 26.4 Å². The normalized spacial score (nSPS) is 21.0. The average molecular weight is 272 g/mol. The zero-order valence-electron chi connectivity index (χ0n) is 9.17. The van der Waals surface area contributed by atoms with Crippen LogP contribution in [0.25, 0.3) is 0 Å². The van der Waals surface area contributed by atoms with Gasteiger partial charge in [0.25, 0.3) is 0 Å². The fourth-order valence-electron chi connectivity index (χ4n) is 1.27. The molecular formula is C9H11F3O4S. The number of hydrogen-bond donors (Lipinski definition) is 0. The molecule has 0 amide bonds. The van der Waals surface area contributed by atoms with Crippen molar-refractivity contribution in [1.82, 2.24) is 0 Å². The van der Waals surface area contributed by atoms with Crippen molar-refractivity contribution in [2.24, 2.45) is 5.41 Å². The van der Waals surface area contributed by atoms with Gasteiger partial charge >= 0.3 is 15.6 Å². The molecule has 0 spiro atoms. The van der Waals surface area contributed by atoms with Crippen molar-refractivity contribution >= 4 is 15.9 Å². The summed E-state index contributed by atoms with van der Waals surface area (Å²) >= 11 is 0. The lowest BCUT2D eigenvalue weighted by atomic mass is 9.81. The minimum absolute atomic E-state index is 0.159. The van der Waals surface area contributed by atoms with Crippen LogP contribution in [0.4, 0.5) is 13.2 Å². The molecular weight excluding hydrogens is 261 g/mol. The third kappa shape index (κ3) is 2.99. The number of carbonyl (C=O) groups is 1. The fourth-order valence-corrected chi connectivity index (χ4v) is 1.88. The molecule has 98 valence electrons. The van der Waals surface area contributed by atoms with E-state index in [0.29, 0.717) is 0 Å². The minimum Gasteiger partial charge on any atom is -0.380 e. The molecule has 1 aliphatic carbocycles. The second-order valence-corrected chi connectivity index (χ2v) is 5.88. The van der Waals surface area contributed by atoms with Crippen molar-refractivity contribution in [1.29, 1.82) is 0 Å². The topological polar surface area (TPSA) is 60.4 Å². The Morgan fingerprint density at radius 1 is 1.35 bits per heavy atom. The maximum atomic E-state index is 12.1. The van der Waals surface area contributed by atoms with Crippen LogP contribution in [0.15, 0.2) is 11.8 Å². The predicted octanol–water partition coefficient (Wildman–Crippen LogP) is 2.13. The number of halogens is 3. The van der Waals surface area contributed by atoms with Gasteiger partial charge in [-0.15, -0.1) is 0 Å². The van der Waals surface area contributed by atoms with Crippen LogP contribution in [0.5, 0.6) is 0 Å². The lowest BCUT2D eigenvalue weighted by Gasteiger charge is -2.29. The van der Waals surface area contributed by atoms with Crippen LogP contribution in [0.1, 0.15) is 26.7 Å². The standard InChI is InChI=1S/C9H11F3O4S/c1-8(2)4-3-6(13)5-7(8)16-17(14,15)9(10,11)12/h5H,3-4H2,1-2H3. The molecule has 4 nitrogen and oxygen atoms in total. The quantitative estimate of drug-likeness (QED) is 0.570. The van der Waals surface area contributed by atoms with E-state index in [2.05, 4.69) is 4.18 Å². The Hall–Kier alpha value is -1.05. The molecule has 0 N–H and O–H groups in total. The largest absolute Gasteiger partial charge is 0.534 e. The monoisotopic (exact) mass is 272 g/mol. The van der Waals surface area contributed by atoms with Gasteiger partial charge in [-0.05, 0) is 6.42 Å². The Balaban J connectivity index is 3.06. The van der Waals surface area contributed by atoms with Crippen molar-refractivity contribution in [3.8, 4) is 0 Å². The van der Waals surface area contributed by atoms with E-state index in [4.69, 9.17) is 0 Å². The molecule has 0 unspecified atom stereocenters. The van der Waals surface area contributed by atoms with Gasteiger partial charge in [0.15, 0.2) is 5.78 Å². The van der Waals surface area contributed by atoms with Gasteiger partial charge < -0.3 is 4.18 Å². The average Bonchev–Trinajstić information content (AvgIpc) is 2.10. The molecule has 0 fully saturated rings. The first-order chi connectivity index (χ1) is 7.46. The first-order valence-electron chi connectivity index (χ1n) is 4.71. The van der Waals surface area contributed by atoms with Crippen LogP contribution >= 0.6 is 0 Å². The van der Waals surface area contributed by atoms with E-state index < -0.39 is 32.6 Å². The van der Waals surface area contributed by atoms with Gasteiger partial charge in [0.2, 0.25) is 0 Å². The molecule has 0 saturated carbocycles. The summed E-state index contributed by atoms with van der Waals surface area (Å²) in [4.78, 5) is 11.1. The fraction of sp³-hybridized carbons (Fsp3) is 0.667. The van der Waals surface area contributed by atoms with Crippen LogP contribution in [-0.4, -0.2) is 19.7 Å². The van der Waals surface area contributed by atoms with E-state index in [1.165, 1.54) is 13.8 Å². The van der Waals surface area contributed by atoms with E-state index in [1.807, 2.05) is 0 Å². The highest BCUT2D eigenvalue weighted by molar-refractivity contribution is 7.87. The summed E-state index contributed by atoms with van der Waals surface area (Å²) in [5.74, 6) is -0.914. The Bertz CT molecular complexity index is 459. The van der Waals surface area contributed by atoms with Crippen LogP contribution in [0, 0.1) is 5.41 Å². The second-order valence-electron chi connectivity index (χ2n) is 4.34. The second kappa shape index (κ2) is 4.01. The zero-order valence-corrected chi connectivity index (χ0v) is 9.98. The van der Waals surface area contributed by atoms with Gasteiger partial charge in [-0.2, -0.15) is 21.6 Å². The summed E-state index contributed by atoms with van der Waals surface area (Å²) in [6, 6.07) is 0. The molecule has 0 heterocycles. The minimum atomic E-state index is -5.71. The molecule has 0 aliphatic heterocycles. The number of carbonyl (C=O) groups excluding carboxylic acids is 1. The predicted molar refractivity (Wildman–Crippen MR) is 52.2 cm³/mol. The van der Waals surface area contributed by atoms with Crippen LogP contribution < -0.4 is 0 Å². The SMILES string of the molecule is CC1(C)CCC(=O)C=C1OS(=O)(=O)C(F)(F)F. The number of alkyl halides is 3. The molecule has 17 heavy (non-hydrogen) atoms. The summed E-state index contributed by atoms with van der Waals surface area (Å²) in [5.41, 5.74) is -6.41. The summed E-state index contributed by atoms with van der Waals surface area (Å²) < 4.78 is 62.0. The molecule has 0 aromatic carbocycles. The maximum Gasteiger partial charge on any atom is 0.534 e. The number of rotatable bonds is 2. The molecule has 0 bridgehead atoms. The molecule has 0 saturated heterocycles. The summed E-state index contributed by atoms with van der Waals surface area (Å²) in [7, 11) is -5.71. The third-order valence-corrected chi connectivity index (χ3v) is 3.40. The zero-order chi connectivity index (χ0) is 13.5. The highest BCUT2D eigenvalue weighted by Crippen LogP contribution is 2.39. The third-order valence-electron chi connectivity index (χ3n) is 2.44. The molecule has 8 heteroatoms. The molecule has 1 aliphatic rings. The van der Waals surface area contributed by atoms with Crippen molar-refractivity contribution in [2.75, 3.05) is 0 Å². The van der Waals surface area contributed by atoms with Gasteiger partial charge in [-0.3, -0.25) is 4.79 Å². The van der Waals surface area contributed by atoms with Crippen molar-refractivity contribution in [3.05, 3.63) is 11.8 Å². The van der Waals surface area contributed by atoms with Gasteiger partial charge in [-0.25, -0.2) is 0 Å². The van der Waals surface area contributed by atoms with E-state index in [0.717, 1.165) is 6.08 Å². The Morgan fingerprint density at radius 3 is 2.35 bits per heavy atom. The van der Waals surface area contributed by atoms with Crippen LogP contribution in [-0.2, 0) is 19.1 Å². The molecule has 0 radical (unpaired) electrons. The van der Waals surface area contributed by atoms with Crippen LogP contribution in [0.3, 0.4) is 0 Å². The number of hydrogen-bond acceptors (Lipinski definition) is 4. The van der Waals surface area contributed by atoms with Crippen molar-refractivity contribution < 1.29 is 30.6 Å². The summed E-state index contributed by atoms with van der Waals surface area (Å²) in [5, 5.41) is 0. The van der Waals surface area contributed by atoms with Gasteiger partial charge in [-0.1, -0.05) is 13.8 Å². The molecule has 0 atom stereocenters. The van der Waals surface area contributed by atoms with Crippen LogP contribution in [0.2, 0.25) is 0 Å². The summed E-state index contributed by atoms with van der Waals surface area (Å²) in [6.45, 7) is 3.02. The lowest BCUT2D eigenvalue weighted by molar-refractivity contribution is -0.116. The Morgan fingerprint density at radius 2 is 1.88 bits per heavy atom. The van der Waals surface area contributed by atoms with Gasteiger partial charge in [0, 0.05) is 17.9 Å². The summed E-state index contributed by atoms with van der Waals surface area (Å²) in [6.07, 6.45) is 1.21. The number of ketones is 1. The van der Waals surface area contributed by atoms with E-state index >= 15 is 0 Å². The first-order valence-corrected chi connectivity index (χ1v) is 6.12. The smallest absolute Gasteiger partial charge is 0.380 e. The van der Waals surface area contributed by atoms with Gasteiger partial charge in [0.1, 0.15) is 5.76 Å². The molecule has 0 aromatic rings. The Labute approximate surface area is 96.6 Å². The first kappa shape index (κ1) is 14.0. The molecule has 1 rings (SSSR count). The lowest BCUT2D eigenvalue weighted by Crippen LogP contribution is -2.31. The van der Waals surface area contributed by atoms with Crippen molar-refractivity contribution in [2.45, 2.75) is 32.2 Å².